The van der Waals surface area contributed by atoms with E-state index in [-0.39, 0.29) is 0 Å². The van der Waals surface area contributed by atoms with Crippen LogP contribution in [-0.4, -0.2) is 0 Å². The summed E-state index contributed by atoms with van der Waals surface area (Å²) in [5.74, 6) is 1.76. The van der Waals surface area contributed by atoms with E-state index in [1.54, 1.807) is 0 Å². The van der Waals surface area contributed by atoms with Crippen LogP contribution in [0.25, 0.3) is 0 Å². The summed E-state index contributed by atoms with van der Waals surface area (Å²) >= 11 is 11.5. The number of nitrogen functional groups attached to an aromatic ring is 1. The van der Waals surface area contributed by atoms with E-state index in [0.717, 1.165) is 37.8 Å². The zero-order valence-electron chi connectivity index (χ0n) is 9.70. The molecule has 0 amide bonds. The zero-order valence-corrected chi connectivity index (χ0v) is 12.9. The molecule has 2 aromatic rings. The van der Waals surface area contributed by atoms with Crippen molar-refractivity contribution in [1.29, 1.82) is 0 Å². The van der Waals surface area contributed by atoms with Crippen molar-refractivity contribution in [3.05, 3.63) is 63.1 Å². The van der Waals surface area contributed by atoms with Crippen molar-refractivity contribution in [3.63, 3.8) is 0 Å². The summed E-state index contributed by atoms with van der Waals surface area (Å²) in [5, 5.41) is 0.824. The topological polar surface area (TPSA) is 26.0 Å². The minimum absolute atomic E-state index is 0.824. The van der Waals surface area contributed by atoms with Gasteiger partial charge in [0, 0.05) is 26.7 Å². The maximum absolute atomic E-state index is 6.12. The summed E-state index contributed by atoms with van der Waals surface area (Å²) in [5.41, 5.74) is 9.10. The number of thioether (sulfide) groups is 1. The molecule has 4 heteroatoms. The Morgan fingerprint density at radius 1 is 1.06 bits per heavy atom. The second kappa shape index (κ2) is 6.50. The maximum atomic E-state index is 6.12. The van der Waals surface area contributed by atoms with Crippen molar-refractivity contribution < 1.29 is 0 Å². The molecule has 0 saturated heterocycles. The highest BCUT2D eigenvalue weighted by Crippen LogP contribution is 2.29. The van der Waals surface area contributed by atoms with Gasteiger partial charge in [-0.15, -0.1) is 0 Å². The van der Waals surface area contributed by atoms with Crippen LogP contribution in [0.2, 0.25) is 5.02 Å². The van der Waals surface area contributed by atoms with Crippen LogP contribution in [0.1, 0.15) is 11.1 Å². The summed E-state index contributed by atoms with van der Waals surface area (Å²) in [4.78, 5) is 0. The van der Waals surface area contributed by atoms with Gasteiger partial charge in [0.15, 0.2) is 0 Å². The second-order valence-corrected chi connectivity index (χ2v) is 6.14. The van der Waals surface area contributed by atoms with Crippen molar-refractivity contribution in [1.82, 2.24) is 0 Å². The number of anilines is 1. The number of benzene rings is 2. The second-order valence-electron chi connectivity index (χ2n) is 3.89. The van der Waals surface area contributed by atoms with E-state index in [2.05, 4.69) is 22.0 Å². The molecule has 1 nitrogen and oxygen atoms in total. The van der Waals surface area contributed by atoms with Crippen LogP contribution in [0, 0.1) is 0 Å². The third-order valence-corrected chi connectivity index (χ3v) is 4.74. The highest BCUT2D eigenvalue weighted by Gasteiger charge is 2.05. The molecule has 18 heavy (non-hydrogen) atoms. The van der Waals surface area contributed by atoms with Crippen molar-refractivity contribution in [2.45, 2.75) is 11.5 Å². The first-order chi connectivity index (χ1) is 8.68. The molecule has 0 heterocycles. The molecule has 0 fully saturated rings. The van der Waals surface area contributed by atoms with E-state index in [9.17, 15) is 0 Å². The van der Waals surface area contributed by atoms with E-state index in [1.807, 2.05) is 48.2 Å². The Morgan fingerprint density at radius 3 is 2.56 bits per heavy atom. The van der Waals surface area contributed by atoms with Crippen LogP contribution < -0.4 is 5.73 Å². The number of hydrogen-bond donors (Lipinski definition) is 1. The van der Waals surface area contributed by atoms with Gasteiger partial charge < -0.3 is 5.73 Å². The molecule has 0 radical (unpaired) electrons. The van der Waals surface area contributed by atoms with Crippen LogP contribution in [0.3, 0.4) is 0 Å². The average Bonchev–Trinajstić information content (AvgIpc) is 2.35. The smallest absolute Gasteiger partial charge is 0.0446 e. The van der Waals surface area contributed by atoms with Gasteiger partial charge in [-0.2, -0.15) is 11.8 Å². The van der Waals surface area contributed by atoms with Crippen molar-refractivity contribution in [3.8, 4) is 0 Å². The van der Waals surface area contributed by atoms with E-state index >= 15 is 0 Å². The summed E-state index contributed by atoms with van der Waals surface area (Å²) in [7, 11) is 0. The standard InChI is InChI=1S/C14H13BrClNS/c15-12-5-3-7-14(17)11(12)9-18-8-10-4-1-2-6-13(10)16/h1-7H,8-9,17H2. The van der Waals surface area contributed by atoms with Gasteiger partial charge in [0.05, 0.1) is 0 Å². The number of rotatable bonds is 4. The van der Waals surface area contributed by atoms with Crippen LogP contribution in [0.4, 0.5) is 5.69 Å². The largest absolute Gasteiger partial charge is 0.398 e. The lowest BCUT2D eigenvalue weighted by Crippen LogP contribution is -1.94. The predicted octanol–water partition coefficient (Wildman–Crippen LogP) is 5.12. The molecule has 2 aromatic carbocycles. The Morgan fingerprint density at radius 2 is 1.83 bits per heavy atom. The summed E-state index contributed by atoms with van der Waals surface area (Å²) in [6.45, 7) is 0. The fraction of sp³-hybridized carbons (Fsp3) is 0.143. The quantitative estimate of drug-likeness (QED) is 0.781. The Bertz CT molecular complexity index is 525. The molecule has 0 aliphatic rings. The molecule has 94 valence electrons. The van der Waals surface area contributed by atoms with Gasteiger partial charge in [-0.1, -0.05) is 51.8 Å². The van der Waals surface area contributed by atoms with Gasteiger partial charge in [0.25, 0.3) is 0 Å². The Labute approximate surface area is 125 Å². The van der Waals surface area contributed by atoms with E-state index < -0.39 is 0 Å². The van der Waals surface area contributed by atoms with Crippen molar-refractivity contribution in [2.75, 3.05) is 5.73 Å². The van der Waals surface area contributed by atoms with Gasteiger partial charge in [0.1, 0.15) is 0 Å². The molecule has 0 spiro atoms. The average molecular weight is 343 g/mol. The number of halogens is 2. The minimum Gasteiger partial charge on any atom is -0.398 e. The van der Waals surface area contributed by atoms with E-state index in [0.29, 0.717) is 0 Å². The summed E-state index contributed by atoms with van der Waals surface area (Å²) in [6, 6.07) is 13.8. The lowest BCUT2D eigenvalue weighted by atomic mass is 10.2. The third-order valence-electron chi connectivity index (χ3n) is 2.62. The molecular formula is C14H13BrClNS. The van der Waals surface area contributed by atoms with Gasteiger partial charge in [0.2, 0.25) is 0 Å². The summed E-state index contributed by atoms with van der Waals surface area (Å²) in [6.07, 6.45) is 0. The maximum Gasteiger partial charge on any atom is 0.0446 e. The van der Waals surface area contributed by atoms with Gasteiger partial charge >= 0.3 is 0 Å². The Kier molecular flexibility index (Phi) is 4.98. The lowest BCUT2D eigenvalue weighted by molar-refractivity contribution is 1.35. The molecule has 0 aliphatic heterocycles. The minimum atomic E-state index is 0.824. The Balaban J connectivity index is 1.99. The molecule has 0 atom stereocenters. The predicted molar refractivity (Wildman–Crippen MR) is 85.0 cm³/mol. The van der Waals surface area contributed by atoms with E-state index in [4.69, 9.17) is 17.3 Å². The summed E-state index contributed by atoms with van der Waals surface area (Å²) < 4.78 is 1.06. The van der Waals surface area contributed by atoms with Gasteiger partial charge in [-0.25, -0.2) is 0 Å². The molecule has 0 bridgehead atoms. The van der Waals surface area contributed by atoms with Crippen molar-refractivity contribution >= 4 is 45.0 Å². The van der Waals surface area contributed by atoms with Gasteiger partial charge in [-0.3, -0.25) is 0 Å². The van der Waals surface area contributed by atoms with E-state index in [1.165, 1.54) is 0 Å². The highest BCUT2D eigenvalue weighted by atomic mass is 79.9. The normalized spacial score (nSPS) is 10.6. The number of hydrogen-bond acceptors (Lipinski definition) is 2. The molecule has 0 saturated carbocycles. The van der Waals surface area contributed by atoms with Crippen LogP contribution in [0.5, 0.6) is 0 Å². The molecule has 0 aliphatic carbocycles. The van der Waals surface area contributed by atoms with Gasteiger partial charge in [-0.05, 0) is 29.3 Å². The molecular weight excluding hydrogens is 330 g/mol. The fourth-order valence-corrected chi connectivity index (χ4v) is 3.70. The van der Waals surface area contributed by atoms with Crippen LogP contribution in [-0.2, 0) is 11.5 Å². The first-order valence-electron chi connectivity index (χ1n) is 5.52. The molecule has 0 unspecified atom stereocenters. The number of nitrogens with two attached hydrogens (primary N) is 1. The van der Waals surface area contributed by atoms with Crippen molar-refractivity contribution in [2.24, 2.45) is 0 Å². The molecule has 2 rings (SSSR count). The van der Waals surface area contributed by atoms with Crippen LogP contribution >= 0.6 is 39.3 Å². The van der Waals surface area contributed by atoms with Crippen LogP contribution in [0.15, 0.2) is 46.9 Å². The fourth-order valence-electron chi connectivity index (χ4n) is 1.61. The Hall–Kier alpha value is -0.640. The SMILES string of the molecule is Nc1cccc(Br)c1CSCc1ccccc1Cl. The first-order valence-corrected chi connectivity index (χ1v) is 7.85. The highest BCUT2D eigenvalue weighted by molar-refractivity contribution is 9.10. The lowest BCUT2D eigenvalue weighted by Gasteiger charge is -2.08. The first kappa shape index (κ1) is 13.8. The molecule has 0 aromatic heterocycles. The molecule has 2 N–H and O–H groups in total. The third kappa shape index (κ3) is 3.44. The zero-order chi connectivity index (χ0) is 13.0. The monoisotopic (exact) mass is 341 g/mol.